The number of likely N-dealkylation sites (tertiary alicyclic amines) is 1. The zero-order valence-corrected chi connectivity index (χ0v) is 17.6. The van der Waals surface area contributed by atoms with Crippen molar-refractivity contribution in [2.45, 2.75) is 70.9 Å². The molecule has 2 heterocycles. The van der Waals surface area contributed by atoms with E-state index in [9.17, 15) is 9.59 Å². The number of hydrogen-bond donors (Lipinski definition) is 1. The van der Waals surface area contributed by atoms with Gasteiger partial charge in [-0.15, -0.1) is 0 Å². The Labute approximate surface area is 173 Å². The van der Waals surface area contributed by atoms with E-state index < -0.39 is 5.60 Å². The fourth-order valence-corrected chi connectivity index (χ4v) is 4.97. The third-order valence-corrected chi connectivity index (χ3v) is 6.81. The van der Waals surface area contributed by atoms with Gasteiger partial charge in [-0.2, -0.15) is 0 Å². The minimum atomic E-state index is -0.713. The van der Waals surface area contributed by atoms with Gasteiger partial charge in [0.2, 0.25) is 0 Å². The first kappa shape index (κ1) is 20.1. The topological polar surface area (TPSA) is 58.6 Å². The Hall–Kier alpha value is -2.14. The van der Waals surface area contributed by atoms with Crippen LogP contribution in [0.3, 0.4) is 0 Å². The van der Waals surface area contributed by atoms with Crippen molar-refractivity contribution in [1.82, 2.24) is 4.90 Å². The molecule has 156 valence electrons. The second-order valence-electron chi connectivity index (χ2n) is 9.05. The molecule has 3 aliphatic rings. The van der Waals surface area contributed by atoms with Crippen molar-refractivity contribution in [2.75, 3.05) is 18.4 Å². The van der Waals surface area contributed by atoms with Crippen molar-refractivity contribution in [3.05, 3.63) is 41.0 Å². The number of carbonyl (C=O) groups is 2. The highest BCUT2D eigenvalue weighted by Gasteiger charge is 2.49. The summed E-state index contributed by atoms with van der Waals surface area (Å²) in [7, 11) is 0. The van der Waals surface area contributed by atoms with Crippen LogP contribution in [0.5, 0.6) is 0 Å². The lowest BCUT2D eigenvalue weighted by Gasteiger charge is -2.34. The highest BCUT2D eigenvalue weighted by atomic mass is 16.6. The van der Waals surface area contributed by atoms with Crippen LogP contribution < -0.4 is 5.32 Å². The first-order valence-electron chi connectivity index (χ1n) is 11.0. The van der Waals surface area contributed by atoms with E-state index in [0.29, 0.717) is 11.1 Å². The second kappa shape index (κ2) is 8.31. The highest BCUT2D eigenvalue weighted by Crippen LogP contribution is 2.44. The smallest absolute Gasteiger partial charge is 0.335 e. The van der Waals surface area contributed by atoms with Crippen LogP contribution in [-0.2, 0) is 20.9 Å². The predicted octanol–water partition coefficient (Wildman–Crippen LogP) is 4.43. The highest BCUT2D eigenvalue weighted by molar-refractivity contribution is 6.12. The van der Waals surface area contributed by atoms with E-state index in [-0.39, 0.29) is 11.9 Å². The molecule has 4 rings (SSSR count). The maximum Gasteiger partial charge on any atom is 0.335 e. The van der Waals surface area contributed by atoms with Crippen LogP contribution in [0, 0.1) is 5.92 Å². The molecule has 1 N–H and O–H groups in total. The number of carbonyl (C=O) groups excluding carboxylic acids is 2. The second-order valence-corrected chi connectivity index (χ2v) is 9.05. The van der Waals surface area contributed by atoms with Gasteiger partial charge in [0, 0.05) is 17.8 Å². The van der Waals surface area contributed by atoms with Gasteiger partial charge in [-0.1, -0.05) is 25.5 Å². The number of benzene rings is 1. The van der Waals surface area contributed by atoms with Crippen LogP contribution in [0.4, 0.5) is 5.69 Å². The van der Waals surface area contributed by atoms with Crippen molar-refractivity contribution in [3.63, 3.8) is 0 Å². The zero-order chi connectivity index (χ0) is 20.4. The molecule has 1 amide bonds. The lowest BCUT2D eigenvalue weighted by atomic mass is 9.78. The van der Waals surface area contributed by atoms with Gasteiger partial charge in [-0.3, -0.25) is 9.69 Å². The Balaban J connectivity index is 1.42. The average molecular weight is 397 g/mol. The third-order valence-electron chi connectivity index (χ3n) is 6.81. The molecule has 2 aliphatic heterocycles. The van der Waals surface area contributed by atoms with Crippen LogP contribution in [-0.4, -0.2) is 35.5 Å². The summed E-state index contributed by atoms with van der Waals surface area (Å²) in [5.41, 5.74) is 2.30. The number of nitrogens with zero attached hydrogens (tertiary/aromatic N) is 1. The van der Waals surface area contributed by atoms with Crippen molar-refractivity contribution in [3.8, 4) is 0 Å². The van der Waals surface area contributed by atoms with Crippen molar-refractivity contribution in [1.29, 1.82) is 0 Å². The Morgan fingerprint density at radius 2 is 1.79 bits per heavy atom. The van der Waals surface area contributed by atoms with Gasteiger partial charge < -0.3 is 10.1 Å². The van der Waals surface area contributed by atoms with Crippen molar-refractivity contribution in [2.24, 2.45) is 5.92 Å². The maximum atomic E-state index is 13.1. The van der Waals surface area contributed by atoms with Crippen LogP contribution in [0.2, 0.25) is 0 Å². The molecule has 1 saturated carbocycles. The van der Waals surface area contributed by atoms with Gasteiger partial charge in [-0.05, 0) is 82.2 Å². The molecule has 0 unspecified atom stereocenters. The quantitative estimate of drug-likeness (QED) is 0.765. The lowest BCUT2D eigenvalue weighted by molar-refractivity contribution is -0.149. The Bertz CT molecular complexity index is 798. The summed E-state index contributed by atoms with van der Waals surface area (Å²) in [4.78, 5) is 27.8. The number of esters is 1. The monoisotopic (exact) mass is 396 g/mol. The van der Waals surface area contributed by atoms with E-state index >= 15 is 0 Å². The summed E-state index contributed by atoms with van der Waals surface area (Å²) in [5.74, 6) is 0.289. The molecule has 1 aliphatic carbocycles. The van der Waals surface area contributed by atoms with Gasteiger partial charge in [0.1, 0.15) is 5.60 Å². The fourth-order valence-electron chi connectivity index (χ4n) is 4.97. The Morgan fingerprint density at radius 3 is 2.45 bits per heavy atom. The molecule has 5 heteroatoms. The molecule has 1 aromatic carbocycles. The Kier molecular flexibility index (Phi) is 5.77. The first-order valence-corrected chi connectivity index (χ1v) is 11.0. The van der Waals surface area contributed by atoms with Crippen molar-refractivity contribution < 1.29 is 14.3 Å². The predicted molar refractivity (Wildman–Crippen MR) is 113 cm³/mol. The maximum absolute atomic E-state index is 13.1. The van der Waals surface area contributed by atoms with Gasteiger partial charge in [-0.25, -0.2) is 4.79 Å². The number of nitrogens with one attached hydrogen (secondary N) is 1. The van der Waals surface area contributed by atoms with Gasteiger partial charge >= 0.3 is 5.97 Å². The molecule has 0 radical (unpaired) electrons. The van der Waals surface area contributed by atoms with Gasteiger partial charge in [0.25, 0.3) is 5.91 Å². The minimum absolute atomic E-state index is 0.201. The molecule has 29 heavy (non-hydrogen) atoms. The van der Waals surface area contributed by atoms with E-state index in [0.717, 1.165) is 63.3 Å². The molecule has 1 spiro atoms. The molecule has 0 aromatic heterocycles. The molecule has 1 aromatic rings. The summed E-state index contributed by atoms with van der Waals surface area (Å²) in [6.07, 6.45) is 7.13. The molecule has 0 atom stereocenters. The number of rotatable bonds is 4. The average Bonchev–Trinajstić information content (AvgIpc) is 2.95. The minimum Gasteiger partial charge on any atom is -0.451 e. The third kappa shape index (κ3) is 4.25. The van der Waals surface area contributed by atoms with E-state index in [1.54, 1.807) is 6.92 Å². The van der Waals surface area contributed by atoms with E-state index in [1.165, 1.54) is 18.4 Å². The van der Waals surface area contributed by atoms with Crippen LogP contribution >= 0.6 is 0 Å². The standard InChI is InChI=1S/C24H32N2O3/c1-17-10-14-26(15-11-17)16-19-6-8-20(9-7-19)25-22(27)21-18(2)23(28)29-24(21)12-4-3-5-13-24/h6-9,17H,3-5,10-16H2,1-2H3,(H,25,27). The largest absolute Gasteiger partial charge is 0.451 e. The van der Waals surface area contributed by atoms with Crippen LogP contribution in [0.1, 0.15) is 64.4 Å². The summed E-state index contributed by atoms with van der Waals surface area (Å²) in [6.45, 7) is 7.30. The molecule has 2 fully saturated rings. The SMILES string of the molecule is CC1=C(C(=O)Nc2ccc(CN3CCC(C)CC3)cc2)C2(CCCCC2)OC1=O. The number of anilines is 1. The van der Waals surface area contributed by atoms with E-state index in [1.807, 2.05) is 12.1 Å². The Morgan fingerprint density at radius 1 is 1.14 bits per heavy atom. The normalized spacial score (nSPS) is 22.8. The number of ether oxygens (including phenoxy) is 1. The van der Waals surface area contributed by atoms with Crippen LogP contribution in [0.15, 0.2) is 35.4 Å². The number of amides is 1. The molecule has 0 bridgehead atoms. The first-order chi connectivity index (χ1) is 14.0. The number of hydrogen-bond acceptors (Lipinski definition) is 4. The fraction of sp³-hybridized carbons (Fsp3) is 0.583. The lowest BCUT2D eigenvalue weighted by Crippen LogP contribution is -2.39. The van der Waals surface area contributed by atoms with Crippen molar-refractivity contribution >= 4 is 17.6 Å². The van der Waals surface area contributed by atoms with E-state index in [4.69, 9.17) is 4.74 Å². The molecular formula is C24H32N2O3. The number of piperidine rings is 1. The summed E-state index contributed by atoms with van der Waals surface area (Å²) in [5, 5.41) is 3.00. The summed E-state index contributed by atoms with van der Waals surface area (Å²) < 4.78 is 5.71. The summed E-state index contributed by atoms with van der Waals surface area (Å²) in [6, 6.07) is 8.09. The molecular weight excluding hydrogens is 364 g/mol. The summed E-state index contributed by atoms with van der Waals surface area (Å²) >= 11 is 0. The van der Waals surface area contributed by atoms with E-state index in [2.05, 4.69) is 29.3 Å². The molecule has 1 saturated heterocycles. The molecule has 5 nitrogen and oxygen atoms in total. The van der Waals surface area contributed by atoms with Crippen LogP contribution in [0.25, 0.3) is 0 Å². The zero-order valence-electron chi connectivity index (χ0n) is 17.6. The van der Waals surface area contributed by atoms with Gasteiger partial charge in [0.05, 0.1) is 5.57 Å². The van der Waals surface area contributed by atoms with Gasteiger partial charge in [0.15, 0.2) is 0 Å².